The van der Waals surface area contributed by atoms with E-state index in [4.69, 9.17) is 11.6 Å². The number of nitrogens with zero attached hydrogens (tertiary/aromatic N) is 1. The topological polar surface area (TPSA) is 12.9 Å². The molecule has 15 heavy (non-hydrogen) atoms. The number of fused-ring (bicyclic) bond motifs is 1. The number of aryl methyl sites for hydroxylation is 2. The van der Waals surface area contributed by atoms with E-state index in [1.54, 1.807) is 0 Å². The summed E-state index contributed by atoms with van der Waals surface area (Å²) in [7, 11) is 0. The van der Waals surface area contributed by atoms with Crippen molar-refractivity contribution < 1.29 is 0 Å². The van der Waals surface area contributed by atoms with Crippen LogP contribution >= 0.6 is 11.6 Å². The zero-order chi connectivity index (χ0) is 11.0. The van der Waals surface area contributed by atoms with Gasteiger partial charge in [0.05, 0.1) is 10.5 Å². The van der Waals surface area contributed by atoms with Gasteiger partial charge in [-0.1, -0.05) is 24.6 Å². The van der Waals surface area contributed by atoms with Crippen LogP contribution in [0.5, 0.6) is 0 Å². The SMILES string of the molecule is CCc1ccc2nc(C)c(C)c(Cl)c2c1. The summed E-state index contributed by atoms with van der Waals surface area (Å²) >= 11 is 6.32. The average molecular weight is 220 g/mol. The summed E-state index contributed by atoms with van der Waals surface area (Å²) in [4.78, 5) is 4.53. The van der Waals surface area contributed by atoms with Crippen LogP contribution < -0.4 is 0 Å². The Balaban J connectivity index is 2.81. The first-order valence-electron chi connectivity index (χ1n) is 5.18. The predicted octanol–water partition coefficient (Wildman–Crippen LogP) is 4.07. The smallest absolute Gasteiger partial charge is 0.0720 e. The van der Waals surface area contributed by atoms with Gasteiger partial charge in [-0.15, -0.1) is 0 Å². The average Bonchev–Trinajstić information content (AvgIpc) is 2.26. The zero-order valence-corrected chi connectivity index (χ0v) is 10.0. The highest BCUT2D eigenvalue weighted by Crippen LogP contribution is 2.28. The number of rotatable bonds is 1. The summed E-state index contributed by atoms with van der Waals surface area (Å²) in [6, 6.07) is 6.30. The zero-order valence-electron chi connectivity index (χ0n) is 9.26. The van der Waals surface area contributed by atoms with Gasteiger partial charge in [0.15, 0.2) is 0 Å². The predicted molar refractivity (Wildman–Crippen MR) is 65.6 cm³/mol. The summed E-state index contributed by atoms with van der Waals surface area (Å²) < 4.78 is 0. The van der Waals surface area contributed by atoms with E-state index in [-0.39, 0.29) is 0 Å². The Morgan fingerprint density at radius 3 is 2.67 bits per heavy atom. The Labute approximate surface area is 95.1 Å². The van der Waals surface area contributed by atoms with Crippen molar-refractivity contribution in [2.45, 2.75) is 27.2 Å². The highest BCUT2D eigenvalue weighted by atomic mass is 35.5. The maximum atomic E-state index is 6.32. The highest BCUT2D eigenvalue weighted by Gasteiger charge is 2.07. The molecule has 1 aromatic heterocycles. The van der Waals surface area contributed by atoms with Crippen LogP contribution in [0.15, 0.2) is 18.2 Å². The maximum absolute atomic E-state index is 6.32. The van der Waals surface area contributed by atoms with Crippen molar-refractivity contribution in [2.75, 3.05) is 0 Å². The lowest BCUT2D eigenvalue weighted by molar-refractivity contribution is 1.14. The molecule has 2 aromatic rings. The normalized spacial score (nSPS) is 10.9. The monoisotopic (exact) mass is 219 g/mol. The van der Waals surface area contributed by atoms with Gasteiger partial charge in [-0.25, -0.2) is 0 Å². The Morgan fingerprint density at radius 2 is 2.00 bits per heavy atom. The minimum atomic E-state index is 0.841. The molecule has 0 aliphatic carbocycles. The Bertz CT molecular complexity index is 517. The van der Waals surface area contributed by atoms with E-state index in [2.05, 4.69) is 24.0 Å². The molecule has 0 radical (unpaired) electrons. The first-order chi connectivity index (χ1) is 7.13. The summed E-state index contributed by atoms with van der Waals surface area (Å²) in [5, 5.41) is 1.91. The molecule has 1 heterocycles. The fourth-order valence-corrected chi connectivity index (χ4v) is 1.99. The minimum absolute atomic E-state index is 0.841. The number of hydrogen-bond donors (Lipinski definition) is 0. The molecule has 0 saturated carbocycles. The Morgan fingerprint density at radius 1 is 1.27 bits per heavy atom. The first kappa shape index (κ1) is 10.4. The van der Waals surface area contributed by atoms with Gasteiger partial charge >= 0.3 is 0 Å². The second-order valence-electron chi connectivity index (χ2n) is 3.84. The van der Waals surface area contributed by atoms with E-state index in [0.717, 1.165) is 33.6 Å². The lowest BCUT2D eigenvalue weighted by Gasteiger charge is -2.08. The van der Waals surface area contributed by atoms with Gasteiger partial charge in [-0.2, -0.15) is 0 Å². The van der Waals surface area contributed by atoms with Crippen LogP contribution in [0.4, 0.5) is 0 Å². The standard InChI is InChI=1S/C13H14ClN/c1-4-10-5-6-12-11(7-10)13(14)8(2)9(3)15-12/h5-7H,4H2,1-3H3. The third kappa shape index (κ3) is 1.72. The van der Waals surface area contributed by atoms with Gasteiger partial charge in [0.2, 0.25) is 0 Å². The van der Waals surface area contributed by atoms with Crippen LogP contribution in [0, 0.1) is 13.8 Å². The van der Waals surface area contributed by atoms with Crippen LogP contribution in [-0.2, 0) is 6.42 Å². The van der Waals surface area contributed by atoms with Gasteiger partial charge in [0.25, 0.3) is 0 Å². The maximum Gasteiger partial charge on any atom is 0.0720 e. The summed E-state index contributed by atoms with van der Waals surface area (Å²) in [6.45, 7) is 6.15. The van der Waals surface area contributed by atoms with Crippen molar-refractivity contribution in [3.8, 4) is 0 Å². The van der Waals surface area contributed by atoms with Crippen molar-refractivity contribution in [1.82, 2.24) is 4.98 Å². The minimum Gasteiger partial charge on any atom is -0.253 e. The number of hydrogen-bond acceptors (Lipinski definition) is 1. The molecule has 0 atom stereocenters. The second kappa shape index (κ2) is 3.82. The fraction of sp³-hybridized carbons (Fsp3) is 0.308. The molecule has 0 aliphatic rings. The van der Waals surface area contributed by atoms with E-state index in [9.17, 15) is 0 Å². The van der Waals surface area contributed by atoms with E-state index in [1.807, 2.05) is 19.9 Å². The quantitative estimate of drug-likeness (QED) is 0.705. The molecule has 0 N–H and O–H groups in total. The lowest BCUT2D eigenvalue weighted by Crippen LogP contribution is -1.91. The van der Waals surface area contributed by atoms with E-state index >= 15 is 0 Å². The van der Waals surface area contributed by atoms with Crippen LogP contribution in [0.3, 0.4) is 0 Å². The molecule has 0 amide bonds. The van der Waals surface area contributed by atoms with Crippen LogP contribution in [0.2, 0.25) is 5.02 Å². The molecule has 0 fully saturated rings. The molecule has 1 nitrogen and oxygen atoms in total. The van der Waals surface area contributed by atoms with Crippen molar-refractivity contribution in [3.63, 3.8) is 0 Å². The lowest BCUT2D eigenvalue weighted by atomic mass is 10.1. The highest BCUT2D eigenvalue weighted by molar-refractivity contribution is 6.36. The second-order valence-corrected chi connectivity index (χ2v) is 4.22. The molecule has 0 aliphatic heterocycles. The third-order valence-corrected chi connectivity index (χ3v) is 3.35. The molecule has 78 valence electrons. The van der Waals surface area contributed by atoms with Gasteiger partial charge in [-0.3, -0.25) is 4.98 Å². The largest absolute Gasteiger partial charge is 0.253 e. The molecular formula is C13H14ClN. The van der Waals surface area contributed by atoms with Crippen LogP contribution in [0.1, 0.15) is 23.7 Å². The number of halogens is 1. The number of aromatic nitrogens is 1. The first-order valence-corrected chi connectivity index (χ1v) is 5.56. The van der Waals surface area contributed by atoms with Crippen molar-refractivity contribution in [2.24, 2.45) is 0 Å². The number of pyridine rings is 1. The van der Waals surface area contributed by atoms with Gasteiger partial charge in [-0.05, 0) is 43.5 Å². The van der Waals surface area contributed by atoms with E-state index < -0.39 is 0 Å². The molecule has 0 unspecified atom stereocenters. The Kier molecular flexibility index (Phi) is 2.66. The van der Waals surface area contributed by atoms with E-state index in [1.165, 1.54) is 5.56 Å². The van der Waals surface area contributed by atoms with Gasteiger partial charge in [0.1, 0.15) is 0 Å². The molecule has 0 spiro atoms. The van der Waals surface area contributed by atoms with Gasteiger partial charge in [0, 0.05) is 11.1 Å². The Hall–Kier alpha value is -1.08. The van der Waals surface area contributed by atoms with Crippen LogP contribution in [-0.4, -0.2) is 4.98 Å². The van der Waals surface area contributed by atoms with Crippen molar-refractivity contribution in [3.05, 3.63) is 40.0 Å². The number of benzene rings is 1. The molecular weight excluding hydrogens is 206 g/mol. The molecule has 0 bridgehead atoms. The van der Waals surface area contributed by atoms with E-state index in [0.29, 0.717) is 0 Å². The molecule has 1 aromatic carbocycles. The fourth-order valence-electron chi connectivity index (χ4n) is 1.70. The van der Waals surface area contributed by atoms with Crippen molar-refractivity contribution in [1.29, 1.82) is 0 Å². The third-order valence-electron chi connectivity index (χ3n) is 2.87. The summed E-state index contributed by atoms with van der Waals surface area (Å²) in [5.41, 5.74) is 4.38. The van der Waals surface area contributed by atoms with Crippen molar-refractivity contribution >= 4 is 22.5 Å². The molecule has 2 rings (SSSR count). The summed E-state index contributed by atoms with van der Waals surface area (Å²) in [5.74, 6) is 0. The molecule has 2 heteroatoms. The van der Waals surface area contributed by atoms with Crippen LogP contribution in [0.25, 0.3) is 10.9 Å². The summed E-state index contributed by atoms with van der Waals surface area (Å²) in [6.07, 6.45) is 1.03. The molecule has 0 saturated heterocycles. The van der Waals surface area contributed by atoms with Gasteiger partial charge < -0.3 is 0 Å².